The molecule has 3 amide bonds. The van der Waals surface area contributed by atoms with Crippen molar-refractivity contribution in [3.63, 3.8) is 0 Å². The van der Waals surface area contributed by atoms with E-state index < -0.39 is 41.1 Å². The summed E-state index contributed by atoms with van der Waals surface area (Å²) in [7, 11) is 0. The lowest BCUT2D eigenvalue weighted by Crippen LogP contribution is -2.63. The van der Waals surface area contributed by atoms with E-state index in [0.717, 1.165) is 26.6 Å². The maximum atomic E-state index is 13.8. The van der Waals surface area contributed by atoms with Gasteiger partial charge in [-0.25, -0.2) is 9.78 Å². The fourth-order valence-corrected chi connectivity index (χ4v) is 5.59. The molecule has 1 fully saturated rings. The quantitative estimate of drug-likeness (QED) is 0.521. The molecule has 0 saturated carbocycles. The second kappa shape index (κ2) is 10.8. The van der Waals surface area contributed by atoms with Gasteiger partial charge in [-0.1, -0.05) is 45.0 Å². The van der Waals surface area contributed by atoms with Crippen LogP contribution in [0.15, 0.2) is 29.8 Å². The van der Waals surface area contributed by atoms with E-state index in [0.29, 0.717) is 0 Å². The van der Waals surface area contributed by atoms with Crippen molar-refractivity contribution in [2.45, 2.75) is 85.2 Å². The molecular weight excluding hydrogens is 492 g/mol. The van der Waals surface area contributed by atoms with Crippen molar-refractivity contribution < 1.29 is 24.6 Å². The topological polar surface area (TPSA) is 123 Å². The summed E-state index contributed by atoms with van der Waals surface area (Å²) in [5.41, 5.74) is 3.14. The summed E-state index contributed by atoms with van der Waals surface area (Å²) in [5.74, 6) is -0.858. The summed E-state index contributed by atoms with van der Waals surface area (Å²) in [6.07, 6.45) is -1.98. The number of hydrogen-bond donors (Lipinski definition) is 3. The van der Waals surface area contributed by atoms with E-state index in [-0.39, 0.29) is 25.4 Å². The molecule has 0 aliphatic carbocycles. The number of nitrogens with one attached hydrogen (secondary N) is 1. The highest BCUT2D eigenvalue weighted by atomic mass is 32.1. The molecule has 0 spiro atoms. The lowest BCUT2D eigenvalue weighted by Gasteiger charge is -2.46. The number of nitrogens with zero attached hydrogens (tertiary/aromatic N) is 3. The number of hydrogen-bond acceptors (Lipinski definition) is 6. The molecule has 9 nitrogen and oxygen atoms in total. The van der Waals surface area contributed by atoms with Crippen LogP contribution in [0.3, 0.4) is 0 Å². The predicted octanol–water partition coefficient (Wildman–Crippen LogP) is 3.89. The van der Waals surface area contributed by atoms with Crippen LogP contribution in [0, 0.1) is 12.3 Å². The van der Waals surface area contributed by atoms with E-state index in [2.05, 4.69) is 10.3 Å². The number of aromatic nitrogens is 1. The van der Waals surface area contributed by atoms with Gasteiger partial charge < -0.3 is 20.4 Å². The van der Waals surface area contributed by atoms with Gasteiger partial charge in [0.15, 0.2) is 0 Å². The molecular formula is C27H38N4O5S. The van der Waals surface area contributed by atoms with Crippen molar-refractivity contribution in [3.8, 4) is 10.4 Å². The van der Waals surface area contributed by atoms with E-state index >= 15 is 0 Å². The molecule has 202 valence electrons. The van der Waals surface area contributed by atoms with Gasteiger partial charge in [-0.05, 0) is 44.2 Å². The number of amides is 3. The zero-order valence-corrected chi connectivity index (χ0v) is 23.4. The molecule has 10 heteroatoms. The van der Waals surface area contributed by atoms with Crippen molar-refractivity contribution in [1.82, 2.24) is 20.1 Å². The number of thiazole rings is 1. The second-order valence-electron chi connectivity index (χ2n) is 11.7. The highest BCUT2D eigenvalue weighted by Crippen LogP contribution is 2.33. The lowest BCUT2D eigenvalue weighted by atomic mass is 9.82. The normalized spacial score (nSPS) is 19.0. The molecule has 0 radical (unpaired) electrons. The zero-order valence-electron chi connectivity index (χ0n) is 22.6. The lowest BCUT2D eigenvalue weighted by molar-refractivity contribution is -0.147. The third kappa shape index (κ3) is 6.48. The van der Waals surface area contributed by atoms with Gasteiger partial charge in [-0.3, -0.25) is 14.5 Å². The van der Waals surface area contributed by atoms with Gasteiger partial charge in [0.05, 0.1) is 22.2 Å². The van der Waals surface area contributed by atoms with Gasteiger partial charge in [0, 0.05) is 25.0 Å². The molecule has 1 aliphatic rings. The number of carbonyl (C=O) groups excluding carboxylic acids is 2. The maximum absolute atomic E-state index is 13.8. The Hall–Kier alpha value is -2.98. The van der Waals surface area contributed by atoms with E-state index in [1.165, 1.54) is 4.90 Å². The van der Waals surface area contributed by atoms with E-state index in [1.54, 1.807) is 52.9 Å². The standard InChI is InChI=1S/C27H38N4O5S/c1-16-21(37-15-29-16)18-10-8-17(9-11-18)13-28-23(33)20-12-19(32)14-30(20)24(34)22(26(2,3)4)31(25(35)36)27(5,6)7/h8-11,15,19-20,22,32H,12-14H2,1-7H3,(H,28,33)(H,35,36)/t19-,20+,22-/m1/s1. The van der Waals surface area contributed by atoms with Crippen molar-refractivity contribution in [3.05, 3.63) is 41.0 Å². The summed E-state index contributed by atoms with van der Waals surface area (Å²) >= 11 is 1.57. The van der Waals surface area contributed by atoms with E-state index in [1.807, 2.05) is 36.7 Å². The summed E-state index contributed by atoms with van der Waals surface area (Å²) in [4.78, 5) is 47.1. The SMILES string of the molecule is Cc1ncsc1-c1ccc(CNC(=O)[C@@H]2C[C@@H](O)CN2C(=O)[C@@H](N(C(=O)O)C(C)(C)C)C(C)(C)C)cc1. The maximum Gasteiger partial charge on any atom is 0.408 e. The molecule has 3 rings (SSSR count). The third-order valence-corrected chi connectivity index (χ3v) is 7.51. The highest BCUT2D eigenvalue weighted by Gasteiger charge is 2.49. The van der Waals surface area contributed by atoms with Crippen LogP contribution >= 0.6 is 11.3 Å². The first kappa shape index (κ1) is 28.6. The average molecular weight is 531 g/mol. The first-order valence-electron chi connectivity index (χ1n) is 12.4. The van der Waals surface area contributed by atoms with E-state index in [9.17, 15) is 24.6 Å². The van der Waals surface area contributed by atoms with Gasteiger partial charge in [-0.15, -0.1) is 11.3 Å². The minimum absolute atomic E-state index is 0.0238. The van der Waals surface area contributed by atoms with Gasteiger partial charge >= 0.3 is 6.09 Å². The summed E-state index contributed by atoms with van der Waals surface area (Å²) in [6.45, 7) is 12.8. The van der Waals surface area contributed by atoms with E-state index in [4.69, 9.17) is 0 Å². The van der Waals surface area contributed by atoms with Crippen LogP contribution in [0.25, 0.3) is 10.4 Å². The van der Waals surface area contributed by atoms with Crippen molar-refractivity contribution in [2.24, 2.45) is 5.41 Å². The Morgan fingerprint density at radius 2 is 1.78 bits per heavy atom. The smallest absolute Gasteiger partial charge is 0.408 e. The van der Waals surface area contributed by atoms with Crippen LogP contribution in [0.1, 0.15) is 59.2 Å². The molecule has 2 aromatic rings. The molecule has 0 bridgehead atoms. The Labute approximate surface area is 222 Å². The molecule has 2 heterocycles. The Morgan fingerprint density at radius 1 is 1.16 bits per heavy atom. The molecule has 1 aromatic carbocycles. The number of carboxylic acid groups (broad SMARTS) is 1. The molecule has 3 atom stereocenters. The summed E-state index contributed by atoms with van der Waals surface area (Å²) in [6, 6.07) is 5.92. The van der Waals surface area contributed by atoms with Crippen molar-refractivity contribution >= 4 is 29.2 Å². The Balaban J connectivity index is 1.76. The number of likely N-dealkylation sites (tertiary alicyclic amines) is 1. The monoisotopic (exact) mass is 530 g/mol. The Kier molecular flexibility index (Phi) is 8.34. The number of β-amino-alcohol motifs (C(OH)–C–C–N with tert-alkyl or cyclic N) is 1. The minimum Gasteiger partial charge on any atom is -0.465 e. The molecule has 0 unspecified atom stereocenters. The number of aliphatic hydroxyl groups is 1. The van der Waals surface area contributed by atoms with Crippen molar-refractivity contribution in [2.75, 3.05) is 6.54 Å². The van der Waals surface area contributed by atoms with Crippen LogP contribution in [-0.4, -0.2) is 73.2 Å². The zero-order chi connectivity index (χ0) is 27.7. The van der Waals surface area contributed by atoms with Gasteiger partial charge in [0.25, 0.3) is 0 Å². The van der Waals surface area contributed by atoms with Crippen LogP contribution in [-0.2, 0) is 16.1 Å². The molecule has 1 aromatic heterocycles. The highest BCUT2D eigenvalue weighted by molar-refractivity contribution is 7.13. The first-order chi connectivity index (χ1) is 17.1. The number of rotatable bonds is 6. The number of benzene rings is 1. The van der Waals surface area contributed by atoms with Gasteiger partial charge in [-0.2, -0.15) is 0 Å². The van der Waals surface area contributed by atoms with Crippen LogP contribution in [0.5, 0.6) is 0 Å². The van der Waals surface area contributed by atoms with Crippen LogP contribution < -0.4 is 5.32 Å². The fraction of sp³-hybridized carbons (Fsp3) is 0.556. The third-order valence-electron chi connectivity index (χ3n) is 6.53. The Morgan fingerprint density at radius 3 is 2.27 bits per heavy atom. The predicted molar refractivity (Wildman–Crippen MR) is 143 cm³/mol. The van der Waals surface area contributed by atoms with Crippen LogP contribution in [0.2, 0.25) is 0 Å². The fourth-order valence-electron chi connectivity index (χ4n) is 4.78. The largest absolute Gasteiger partial charge is 0.465 e. The molecule has 3 N–H and O–H groups in total. The average Bonchev–Trinajstić information content (AvgIpc) is 3.39. The van der Waals surface area contributed by atoms with Gasteiger partial charge in [0.2, 0.25) is 11.8 Å². The molecule has 1 aliphatic heterocycles. The minimum atomic E-state index is -1.21. The second-order valence-corrected chi connectivity index (χ2v) is 12.5. The van der Waals surface area contributed by atoms with Crippen molar-refractivity contribution in [1.29, 1.82) is 0 Å². The summed E-state index contributed by atoms with van der Waals surface area (Å²) in [5, 5.41) is 23.3. The number of aryl methyl sites for hydroxylation is 1. The van der Waals surface area contributed by atoms with Crippen LogP contribution in [0.4, 0.5) is 4.79 Å². The first-order valence-corrected chi connectivity index (χ1v) is 13.3. The molecule has 37 heavy (non-hydrogen) atoms. The number of aliphatic hydroxyl groups excluding tert-OH is 1. The molecule has 1 saturated heterocycles. The van der Waals surface area contributed by atoms with Gasteiger partial charge in [0.1, 0.15) is 12.1 Å². The Bertz CT molecular complexity index is 1130. The summed E-state index contributed by atoms with van der Waals surface area (Å²) < 4.78 is 0. The number of carbonyl (C=O) groups is 3.